The molecule has 1 fully saturated rings. The molecule has 0 unspecified atom stereocenters. The summed E-state index contributed by atoms with van der Waals surface area (Å²) in [6.45, 7) is 6.69. The fourth-order valence-electron chi connectivity index (χ4n) is 3.02. The summed E-state index contributed by atoms with van der Waals surface area (Å²) in [5.74, 6) is -2.56. The lowest BCUT2D eigenvalue weighted by atomic mass is 10.1. The lowest BCUT2D eigenvalue weighted by molar-refractivity contribution is 0.102. The van der Waals surface area contributed by atoms with E-state index >= 15 is 0 Å². The van der Waals surface area contributed by atoms with Gasteiger partial charge in [-0.15, -0.1) is 0 Å². The first-order valence-corrected chi connectivity index (χ1v) is 8.89. The molecule has 1 amide bonds. The second-order valence-corrected chi connectivity index (χ2v) is 6.60. The molecule has 2 aromatic carbocycles. The minimum absolute atomic E-state index is 0.0469. The highest BCUT2D eigenvalue weighted by Gasteiger charge is 2.20. The maximum atomic E-state index is 13.4. The number of nitrogens with one attached hydrogen (secondary N) is 1. The molecule has 4 nitrogen and oxygen atoms in total. The molecule has 0 aromatic heterocycles. The van der Waals surface area contributed by atoms with Gasteiger partial charge in [0, 0.05) is 36.8 Å². The summed E-state index contributed by atoms with van der Waals surface area (Å²) in [6.07, 6.45) is 0. The van der Waals surface area contributed by atoms with Crippen molar-refractivity contribution in [1.29, 1.82) is 0 Å². The van der Waals surface area contributed by atoms with E-state index in [1.165, 1.54) is 6.07 Å². The normalized spacial score (nSPS) is 15.2. The Bertz CT molecular complexity index is 807. The number of anilines is 2. The van der Waals surface area contributed by atoms with E-state index in [0.717, 1.165) is 50.5 Å². The van der Waals surface area contributed by atoms with Crippen LogP contribution in [-0.4, -0.2) is 43.5 Å². The Labute approximate surface area is 156 Å². The topological polar surface area (TPSA) is 35.6 Å². The molecule has 26 heavy (non-hydrogen) atoms. The highest BCUT2D eigenvalue weighted by molar-refractivity contribution is 6.31. The van der Waals surface area contributed by atoms with Crippen LogP contribution in [-0.2, 0) is 0 Å². The first-order chi connectivity index (χ1) is 12.5. The van der Waals surface area contributed by atoms with Crippen molar-refractivity contribution < 1.29 is 13.6 Å². The number of carbonyl (C=O) groups is 1. The van der Waals surface area contributed by atoms with Crippen LogP contribution in [0.25, 0.3) is 0 Å². The second-order valence-electron chi connectivity index (χ2n) is 6.17. The number of carbonyl (C=O) groups excluding carboxylic acids is 1. The lowest BCUT2D eigenvalue weighted by Gasteiger charge is -2.36. The van der Waals surface area contributed by atoms with E-state index in [-0.39, 0.29) is 5.56 Å². The van der Waals surface area contributed by atoms with Crippen LogP contribution in [0.1, 0.15) is 17.3 Å². The van der Waals surface area contributed by atoms with Gasteiger partial charge in [-0.05, 0) is 42.9 Å². The van der Waals surface area contributed by atoms with Gasteiger partial charge in [0.2, 0.25) is 0 Å². The summed E-state index contributed by atoms with van der Waals surface area (Å²) in [5.41, 5.74) is 1.46. The van der Waals surface area contributed by atoms with Crippen molar-refractivity contribution >= 4 is 28.9 Å². The molecule has 3 rings (SSSR count). The van der Waals surface area contributed by atoms with Gasteiger partial charge in [-0.2, -0.15) is 0 Å². The minimum Gasteiger partial charge on any atom is -0.367 e. The fourth-order valence-corrected chi connectivity index (χ4v) is 3.19. The van der Waals surface area contributed by atoms with Crippen LogP contribution in [0, 0.1) is 11.6 Å². The van der Waals surface area contributed by atoms with Crippen LogP contribution in [0.15, 0.2) is 36.4 Å². The smallest absolute Gasteiger partial charge is 0.255 e. The summed E-state index contributed by atoms with van der Waals surface area (Å²) in [6, 6.07) is 8.38. The number of hydrogen-bond donors (Lipinski definition) is 1. The highest BCUT2D eigenvalue weighted by atomic mass is 35.5. The van der Waals surface area contributed by atoms with E-state index in [4.69, 9.17) is 11.6 Å². The molecule has 0 spiro atoms. The van der Waals surface area contributed by atoms with Crippen LogP contribution in [0.4, 0.5) is 20.2 Å². The van der Waals surface area contributed by atoms with Crippen molar-refractivity contribution in [2.75, 3.05) is 42.9 Å². The number of benzene rings is 2. The highest BCUT2D eigenvalue weighted by Crippen LogP contribution is 2.30. The Morgan fingerprint density at radius 2 is 1.81 bits per heavy atom. The fraction of sp³-hybridized carbons (Fsp3) is 0.316. The average Bonchev–Trinajstić information content (AvgIpc) is 2.64. The Morgan fingerprint density at radius 1 is 1.08 bits per heavy atom. The summed E-state index contributed by atoms with van der Waals surface area (Å²) < 4.78 is 26.5. The van der Waals surface area contributed by atoms with Crippen molar-refractivity contribution in [1.82, 2.24) is 4.90 Å². The third-order valence-electron chi connectivity index (χ3n) is 4.55. The number of amides is 1. The molecule has 138 valence electrons. The van der Waals surface area contributed by atoms with Crippen molar-refractivity contribution in [3.8, 4) is 0 Å². The SMILES string of the molecule is CCN1CCN(c2ccc(Cl)cc2NC(=O)c2ccc(F)c(F)c2)CC1. The third-order valence-corrected chi connectivity index (χ3v) is 4.78. The molecule has 0 radical (unpaired) electrons. The maximum absolute atomic E-state index is 13.4. The van der Waals surface area contributed by atoms with Gasteiger partial charge in [0.1, 0.15) is 0 Å². The first kappa shape index (κ1) is 18.6. The summed E-state index contributed by atoms with van der Waals surface area (Å²) in [7, 11) is 0. The van der Waals surface area contributed by atoms with Gasteiger partial charge >= 0.3 is 0 Å². The molecule has 0 aliphatic carbocycles. The zero-order valence-corrected chi connectivity index (χ0v) is 15.2. The van der Waals surface area contributed by atoms with E-state index in [1.807, 2.05) is 6.07 Å². The predicted molar refractivity (Wildman–Crippen MR) is 100 cm³/mol. The van der Waals surface area contributed by atoms with E-state index in [0.29, 0.717) is 10.7 Å². The Morgan fingerprint density at radius 3 is 2.46 bits per heavy atom. The number of likely N-dealkylation sites (N-methyl/N-ethyl adjacent to an activating group) is 1. The van der Waals surface area contributed by atoms with Crippen LogP contribution in [0.5, 0.6) is 0 Å². The summed E-state index contributed by atoms with van der Waals surface area (Å²) in [5, 5.41) is 3.26. The van der Waals surface area contributed by atoms with Crippen molar-refractivity contribution in [2.24, 2.45) is 0 Å². The van der Waals surface area contributed by atoms with Crippen LogP contribution in [0.3, 0.4) is 0 Å². The number of piperazine rings is 1. The van der Waals surface area contributed by atoms with Gasteiger partial charge in [0.25, 0.3) is 5.91 Å². The molecular weight excluding hydrogens is 360 g/mol. The van der Waals surface area contributed by atoms with Gasteiger partial charge in [0.05, 0.1) is 11.4 Å². The number of nitrogens with zero attached hydrogens (tertiary/aromatic N) is 2. The summed E-state index contributed by atoms with van der Waals surface area (Å²) in [4.78, 5) is 17.0. The van der Waals surface area contributed by atoms with Crippen molar-refractivity contribution in [3.63, 3.8) is 0 Å². The van der Waals surface area contributed by atoms with E-state index in [9.17, 15) is 13.6 Å². The Kier molecular flexibility index (Phi) is 5.74. The average molecular weight is 380 g/mol. The van der Waals surface area contributed by atoms with Crippen molar-refractivity contribution in [3.05, 3.63) is 58.6 Å². The molecule has 1 aliphatic heterocycles. The molecule has 1 aliphatic rings. The van der Waals surface area contributed by atoms with Gasteiger partial charge in [-0.1, -0.05) is 18.5 Å². The summed E-state index contributed by atoms with van der Waals surface area (Å²) >= 11 is 6.09. The molecule has 0 bridgehead atoms. The predicted octanol–water partition coefficient (Wildman–Crippen LogP) is 4.01. The van der Waals surface area contributed by atoms with Gasteiger partial charge < -0.3 is 15.1 Å². The Balaban J connectivity index is 1.81. The first-order valence-electron chi connectivity index (χ1n) is 8.51. The van der Waals surface area contributed by atoms with E-state index < -0.39 is 17.5 Å². The van der Waals surface area contributed by atoms with Crippen LogP contribution in [0.2, 0.25) is 5.02 Å². The molecule has 7 heteroatoms. The molecule has 1 N–H and O–H groups in total. The molecule has 1 saturated heterocycles. The maximum Gasteiger partial charge on any atom is 0.255 e. The largest absolute Gasteiger partial charge is 0.367 e. The van der Waals surface area contributed by atoms with Crippen LogP contribution >= 0.6 is 11.6 Å². The molecule has 1 heterocycles. The third kappa shape index (κ3) is 4.14. The zero-order chi connectivity index (χ0) is 18.7. The minimum atomic E-state index is -1.06. The monoisotopic (exact) mass is 379 g/mol. The molecule has 0 saturated carbocycles. The van der Waals surface area contributed by atoms with Gasteiger partial charge in [0.15, 0.2) is 11.6 Å². The standard InChI is InChI=1S/C19H20ClF2N3O/c1-2-24-7-9-25(10-8-24)18-6-4-14(20)12-17(18)23-19(26)13-3-5-15(21)16(22)11-13/h3-6,11-12H,2,7-10H2,1H3,(H,23,26). The molecule has 0 atom stereocenters. The Hall–Kier alpha value is -2.18. The lowest BCUT2D eigenvalue weighted by Crippen LogP contribution is -2.46. The number of hydrogen-bond acceptors (Lipinski definition) is 3. The second kappa shape index (κ2) is 8.01. The van der Waals surface area contributed by atoms with Crippen LogP contribution < -0.4 is 10.2 Å². The zero-order valence-electron chi connectivity index (χ0n) is 14.4. The van der Waals surface area contributed by atoms with E-state index in [2.05, 4.69) is 22.0 Å². The molecular formula is C19H20ClF2N3O. The molecule has 2 aromatic rings. The van der Waals surface area contributed by atoms with Gasteiger partial charge in [-0.3, -0.25) is 4.79 Å². The van der Waals surface area contributed by atoms with Gasteiger partial charge in [-0.25, -0.2) is 8.78 Å². The number of halogens is 3. The quantitative estimate of drug-likeness (QED) is 0.871. The number of rotatable bonds is 4. The van der Waals surface area contributed by atoms with Crippen molar-refractivity contribution in [2.45, 2.75) is 6.92 Å². The van der Waals surface area contributed by atoms with E-state index in [1.54, 1.807) is 12.1 Å².